The van der Waals surface area contributed by atoms with Gasteiger partial charge in [-0.25, -0.2) is 4.39 Å². The van der Waals surface area contributed by atoms with Gasteiger partial charge in [-0.2, -0.15) is 0 Å². The number of anilines is 2. The van der Waals surface area contributed by atoms with Gasteiger partial charge in [0.2, 0.25) is 5.78 Å². The summed E-state index contributed by atoms with van der Waals surface area (Å²) in [6, 6.07) is 89.4. The van der Waals surface area contributed by atoms with Crippen LogP contribution in [0.2, 0.25) is 15.1 Å². The molecule has 17 rings (SSSR count). The maximum atomic E-state index is 13.9. The van der Waals surface area contributed by atoms with E-state index in [1.165, 1.54) is 35.6 Å². The van der Waals surface area contributed by atoms with Crippen LogP contribution in [0.4, 0.5) is 15.8 Å². The SMILES string of the molecule is CC(C(=O)O)c1ccc(-c2ccccc2)cc1F.CC(C(=O)O)c1ccc2c(c1)[nH]c1ccc(Cl)cc12.CC(C(=O)O)c1cccc(C(=O)c2ccccc2)c1.CCc1cccc2c3c([nH]c12)C(CC)(CC(=O)O)OCC3.O=C(O)CCC(=O)c1ccc(-c2ccccc2)cc1.O=C(O)Cc1ccccc1Nc1c(Cl)cccc1Cl.O=C(c1ccccc1)c1ccc2n1CCC2C(=O)O. The topological polar surface area (TPSA) is 370 Å². The van der Waals surface area contributed by atoms with Crippen LogP contribution in [0.5, 0.6) is 0 Å². The number of carboxylic acid groups (broad SMARTS) is 7. The van der Waals surface area contributed by atoms with Crippen molar-refractivity contribution >= 4 is 138 Å². The predicted molar refractivity (Wildman–Crippen MR) is 519 cm³/mol. The number of aliphatic carboxylic acids is 7. The molecule has 2 aliphatic rings. The first-order valence-corrected chi connectivity index (χ1v) is 44.3. The smallest absolute Gasteiger partial charge is 0.312 e. The Morgan fingerprint density at radius 1 is 0.478 bits per heavy atom. The van der Waals surface area contributed by atoms with Gasteiger partial charge in [0.25, 0.3) is 0 Å². The van der Waals surface area contributed by atoms with Crippen LogP contribution >= 0.6 is 34.8 Å². The van der Waals surface area contributed by atoms with E-state index in [0.29, 0.717) is 91.5 Å². The molecule has 0 aliphatic carbocycles. The first-order valence-electron chi connectivity index (χ1n) is 43.1. The number of aromatic amines is 2. The van der Waals surface area contributed by atoms with Crippen LogP contribution in [0.15, 0.2) is 297 Å². The van der Waals surface area contributed by atoms with Gasteiger partial charge in [0.15, 0.2) is 11.6 Å². The van der Waals surface area contributed by atoms with Gasteiger partial charge in [0.1, 0.15) is 11.4 Å². The highest BCUT2D eigenvalue weighted by atomic mass is 35.5. The second-order valence-electron chi connectivity index (χ2n) is 31.8. The lowest BCUT2D eigenvalue weighted by molar-refractivity contribution is -0.149. The lowest BCUT2D eigenvalue weighted by Crippen LogP contribution is -2.37. The van der Waals surface area contributed by atoms with Crippen molar-refractivity contribution in [3.05, 3.63) is 391 Å². The Balaban J connectivity index is 0.000000151. The number of carbonyl (C=O) groups is 10. The number of rotatable bonds is 25. The van der Waals surface area contributed by atoms with E-state index in [-0.39, 0.29) is 48.6 Å². The Kier molecular flexibility index (Phi) is 34.8. The Hall–Kier alpha value is -14.9. The number of fused-ring (bicyclic) bond motifs is 7. The first-order chi connectivity index (χ1) is 64.3. The third-order valence-electron chi connectivity index (χ3n) is 23.1. The number of hydrogen-bond acceptors (Lipinski definition) is 12. The summed E-state index contributed by atoms with van der Waals surface area (Å²) >= 11 is 18.2. The lowest BCUT2D eigenvalue weighted by atomic mass is 9.86. The number of carbonyl (C=O) groups excluding carboxylic acids is 3. The van der Waals surface area contributed by atoms with Crippen LogP contribution in [-0.2, 0) is 69.7 Å². The highest BCUT2D eigenvalue weighted by molar-refractivity contribution is 6.39. The molecule has 12 aromatic carbocycles. The Labute approximate surface area is 787 Å². The van der Waals surface area contributed by atoms with Crippen LogP contribution in [0.25, 0.3) is 55.0 Å². The Morgan fingerprint density at radius 3 is 1.61 bits per heavy atom. The van der Waals surface area contributed by atoms with Crippen molar-refractivity contribution in [1.82, 2.24) is 14.5 Å². The lowest BCUT2D eigenvalue weighted by Gasteiger charge is -2.35. The first kappa shape index (κ1) is 99.7. The fourth-order valence-corrected chi connectivity index (χ4v) is 16.3. The zero-order valence-electron chi connectivity index (χ0n) is 73.8. The largest absolute Gasteiger partial charge is 0.481 e. The maximum absolute atomic E-state index is 13.9. The standard InChI is InChI=1S/C17H21NO3.2C16H14O3.C15H12ClNO2.C15H13FO2.C15H13NO3.C14H11Cl2NO2/c1-3-11-6-5-7-12-13-8-9-21-17(4-2,10-14(19)20)16(13)18-15(11)12;1-11(16(18)19)13-8-5-9-14(10-13)15(17)12-6-3-2-4-7-12;17-15(10-11-16(18)19)14-8-6-13(7-9-14)12-4-2-1-3-5-12;1-8(15(18)19)9-2-4-11-12-7-10(16)3-5-13(12)17-14(11)6-9;1-10(15(17)18)13-8-7-12(9-14(13)16)11-5-3-2-4-6-11;17-14(10-4-2-1-3-5-10)13-7-6-12-11(15(18)19)8-9-16(12)13;15-10-5-3-6-11(16)14(10)17-12-7-2-1-4-9(12)8-13(18)19/h5-7,18H,3-4,8-10H2,1-2H3,(H,19,20);2-11H,1H3,(H,18,19);1-9H,10-11H2,(H,18,19);2-8,17H,1H3,(H,18,19);2-10H,1H3,(H,17,18);1-7,11H,8-9H2,(H,18,19);1-7,17H,8H2,(H,18,19). The minimum Gasteiger partial charge on any atom is -0.481 e. The molecule has 22 nitrogen and oxygen atoms in total. The van der Waals surface area contributed by atoms with E-state index in [1.807, 2.05) is 151 Å². The minimum absolute atomic E-state index is 0.00474. The molecule has 0 radical (unpaired) electrons. The van der Waals surface area contributed by atoms with Crippen molar-refractivity contribution in [1.29, 1.82) is 0 Å². The number of H-pyrrole nitrogens is 2. The molecule has 5 unspecified atom stereocenters. The molecule has 10 N–H and O–H groups in total. The molecule has 686 valence electrons. The Bertz CT molecular complexity index is 6720. The fourth-order valence-electron chi connectivity index (χ4n) is 15.6. The number of ketones is 3. The summed E-state index contributed by atoms with van der Waals surface area (Å²) in [4.78, 5) is 120. The van der Waals surface area contributed by atoms with Crippen LogP contribution in [-0.4, -0.2) is 116 Å². The van der Waals surface area contributed by atoms with E-state index in [0.717, 1.165) is 79.4 Å². The van der Waals surface area contributed by atoms with Crippen molar-refractivity contribution in [3.63, 3.8) is 0 Å². The van der Waals surface area contributed by atoms with Gasteiger partial charge >= 0.3 is 41.8 Å². The molecular weight excluding hydrogens is 1770 g/mol. The van der Waals surface area contributed by atoms with E-state index >= 15 is 0 Å². The van der Waals surface area contributed by atoms with E-state index in [4.69, 9.17) is 70.2 Å². The zero-order chi connectivity index (χ0) is 96.5. The summed E-state index contributed by atoms with van der Waals surface area (Å²) in [5, 5.41) is 70.8. The number of para-hydroxylation sites is 3. The highest BCUT2D eigenvalue weighted by Gasteiger charge is 2.41. The van der Waals surface area contributed by atoms with Gasteiger partial charge in [-0.3, -0.25) is 47.9 Å². The molecular formula is C108H98Cl3FN4O18. The van der Waals surface area contributed by atoms with Crippen molar-refractivity contribution < 1.29 is 92.8 Å². The van der Waals surface area contributed by atoms with Crippen molar-refractivity contribution in [2.45, 2.75) is 122 Å². The summed E-state index contributed by atoms with van der Waals surface area (Å²) in [7, 11) is 0. The summed E-state index contributed by atoms with van der Waals surface area (Å²) < 4.78 is 21.7. The molecule has 0 saturated heterocycles. The maximum Gasteiger partial charge on any atom is 0.312 e. The molecule has 26 heteroatoms. The van der Waals surface area contributed by atoms with Gasteiger partial charge in [0.05, 0.1) is 76.7 Å². The molecule has 0 saturated carbocycles. The molecule has 15 aromatic rings. The number of benzene rings is 12. The number of nitrogens with one attached hydrogen (secondary N) is 3. The molecule has 0 fully saturated rings. The number of halogens is 4. The molecule has 0 spiro atoms. The summed E-state index contributed by atoms with van der Waals surface area (Å²) in [5.41, 5.74) is 16.8. The van der Waals surface area contributed by atoms with Crippen molar-refractivity contribution in [2.24, 2.45) is 0 Å². The molecule has 5 heterocycles. The molecule has 0 bridgehead atoms. The third-order valence-corrected chi connectivity index (χ3v) is 24.0. The quantitative estimate of drug-likeness (QED) is 0.0238. The number of nitrogens with zero attached hydrogens (tertiary/aromatic N) is 1. The number of Topliss-reactive ketones (excluding diaryl/α,β-unsaturated/α-hetero) is 1. The third kappa shape index (κ3) is 25.4. The van der Waals surface area contributed by atoms with Gasteiger partial charge in [0, 0.05) is 89.9 Å². The number of aryl methyl sites for hydroxylation is 1. The molecule has 3 aromatic heterocycles. The van der Waals surface area contributed by atoms with Gasteiger partial charge in [-0.15, -0.1) is 0 Å². The summed E-state index contributed by atoms with van der Waals surface area (Å²) in [5.74, 6) is -9.46. The second kappa shape index (κ2) is 46.8. The highest BCUT2D eigenvalue weighted by Crippen LogP contribution is 2.43. The molecule has 134 heavy (non-hydrogen) atoms. The van der Waals surface area contributed by atoms with E-state index < -0.39 is 76.9 Å². The Morgan fingerprint density at radius 2 is 1.03 bits per heavy atom. The number of ether oxygens (including phenoxy) is 1. The fraction of sp³-hybridized carbons (Fsp3) is 0.185. The van der Waals surface area contributed by atoms with E-state index in [9.17, 15) is 57.4 Å². The number of carboxylic acids is 7. The molecule has 0 amide bonds. The minimum atomic E-state index is -1.03. The normalized spacial score (nSPS) is 13.8. The molecule has 5 atom stereocenters. The predicted octanol–water partition coefficient (Wildman–Crippen LogP) is 24.4. The molecule has 2 aliphatic heterocycles. The van der Waals surface area contributed by atoms with E-state index in [2.05, 4.69) is 40.4 Å². The van der Waals surface area contributed by atoms with Crippen LogP contribution in [0.1, 0.15) is 177 Å². The van der Waals surface area contributed by atoms with E-state index in [1.54, 1.807) is 141 Å². The summed E-state index contributed by atoms with van der Waals surface area (Å²) in [6.07, 6.45) is 2.86. The average molecular weight is 1870 g/mol. The second-order valence-corrected chi connectivity index (χ2v) is 33.0. The summed E-state index contributed by atoms with van der Waals surface area (Å²) in [6.45, 7) is 10.1. The number of aromatic nitrogens is 3. The average Bonchev–Trinajstić information content (AvgIpc) is 1.59. The van der Waals surface area contributed by atoms with Gasteiger partial charge in [-0.1, -0.05) is 279 Å². The van der Waals surface area contributed by atoms with Gasteiger partial charge in [-0.05, 0) is 163 Å². The monoisotopic (exact) mass is 1860 g/mol. The van der Waals surface area contributed by atoms with Gasteiger partial charge < -0.3 is 60.3 Å². The van der Waals surface area contributed by atoms with Crippen molar-refractivity contribution in [2.75, 3.05) is 11.9 Å². The van der Waals surface area contributed by atoms with Crippen LogP contribution in [0.3, 0.4) is 0 Å². The van der Waals surface area contributed by atoms with Crippen LogP contribution in [0, 0.1) is 5.82 Å². The van der Waals surface area contributed by atoms with Crippen LogP contribution < -0.4 is 5.32 Å². The number of hydrogen-bond donors (Lipinski definition) is 10. The zero-order valence-corrected chi connectivity index (χ0v) is 76.0. The van der Waals surface area contributed by atoms with Crippen molar-refractivity contribution in [3.8, 4) is 22.3 Å².